The SMILES string of the molecule is Cc1cc2cc(C(=O)NCCSc3nnnn3C)ccc2o1. The first-order chi connectivity index (χ1) is 10.6. The number of amides is 1. The fourth-order valence-electron chi connectivity index (χ4n) is 2.07. The van der Waals surface area contributed by atoms with Crippen LogP contribution in [0.2, 0.25) is 0 Å². The average molecular weight is 317 g/mol. The Morgan fingerprint density at radius 2 is 2.27 bits per heavy atom. The average Bonchev–Trinajstić information content (AvgIpc) is 3.07. The Hall–Kier alpha value is -2.35. The minimum absolute atomic E-state index is 0.0996. The molecular formula is C14H15N5O2S. The highest BCUT2D eigenvalue weighted by molar-refractivity contribution is 7.99. The maximum atomic E-state index is 12.1. The second-order valence-corrected chi connectivity index (χ2v) is 5.86. The van der Waals surface area contributed by atoms with Crippen LogP contribution in [0.3, 0.4) is 0 Å². The smallest absolute Gasteiger partial charge is 0.251 e. The van der Waals surface area contributed by atoms with Crippen molar-refractivity contribution >= 4 is 28.6 Å². The summed E-state index contributed by atoms with van der Waals surface area (Å²) in [6.07, 6.45) is 0. The lowest BCUT2D eigenvalue weighted by atomic mass is 10.1. The molecule has 0 saturated heterocycles. The number of thioether (sulfide) groups is 1. The second kappa shape index (κ2) is 6.18. The second-order valence-electron chi connectivity index (χ2n) is 4.80. The first kappa shape index (κ1) is 14.6. The van der Waals surface area contributed by atoms with Gasteiger partial charge in [0.05, 0.1) is 0 Å². The number of hydrogen-bond donors (Lipinski definition) is 1. The van der Waals surface area contributed by atoms with E-state index < -0.39 is 0 Å². The summed E-state index contributed by atoms with van der Waals surface area (Å²) in [5.74, 6) is 1.44. The molecule has 0 aliphatic rings. The molecule has 0 spiro atoms. The molecule has 0 atom stereocenters. The van der Waals surface area contributed by atoms with E-state index in [1.165, 1.54) is 11.8 Å². The van der Waals surface area contributed by atoms with E-state index in [9.17, 15) is 4.79 Å². The van der Waals surface area contributed by atoms with Gasteiger partial charge in [-0.15, -0.1) is 5.10 Å². The molecule has 114 valence electrons. The van der Waals surface area contributed by atoms with Crippen LogP contribution < -0.4 is 5.32 Å². The number of hydrogen-bond acceptors (Lipinski definition) is 6. The molecule has 2 aromatic heterocycles. The van der Waals surface area contributed by atoms with Crippen molar-refractivity contribution < 1.29 is 9.21 Å². The van der Waals surface area contributed by atoms with Crippen molar-refractivity contribution in [3.8, 4) is 0 Å². The van der Waals surface area contributed by atoms with Crippen LogP contribution in [0, 0.1) is 6.92 Å². The van der Waals surface area contributed by atoms with Gasteiger partial charge in [-0.3, -0.25) is 4.79 Å². The fourth-order valence-corrected chi connectivity index (χ4v) is 2.77. The molecule has 2 heterocycles. The number of fused-ring (bicyclic) bond motifs is 1. The number of aryl methyl sites for hydroxylation is 2. The highest BCUT2D eigenvalue weighted by Gasteiger charge is 2.08. The van der Waals surface area contributed by atoms with E-state index in [1.807, 2.05) is 25.1 Å². The molecule has 0 bridgehead atoms. The third-order valence-electron chi connectivity index (χ3n) is 3.10. The molecule has 3 rings (SSSR count). The van der Waals surface area contributed by atoms with Gasteiger partial charge in [0, 0.05) is 30.3 Å². The molecule has 3 aromatic rings. The van der Waals surface area contributed by atoms with Crippen LogP contribution in [0.15, 0.2) is 33.8 Å². The summed E-state index contributed by atoms with van der Waals surface area (Å²) in [4.78, 5) is 12.1. The van der Waals surface area contributed by atoms with Gasteiger partial charge in [-0.25, -0.2) is 4.68 Å². The van der Waals surface area contributed by atoms with Crippen molar-refractivity contribution in [2.75, 3.05) is 12.3 Å². The lowest BCUT2D eigenvalue weighted by Gasteiger charge is -2.04. The number of carbonyl (C=O) groups excluding carboxylic acids is 1. The van der Waals surface area contributed by atoms with Crippen molar-refractivity contribution in [2.45, 2.75) is 12.1 Å². The van der Waals surface area contributed by atoms with Crippen molar-refractivity contribution in [2.24, 2.45) is 7.05 Å². The Labute approximate surface area is 131 Å². The van der Waals surface area contributed by atoms with Gasteiger partial charge in [0.25, 0.3) is 5.91 Å². The summed E-state index contributed by atoms with van der Waals surface area (Å²) in [5.41, 5.74) is 1.41. The highest BCUT2D eigenvalue weighted by atomic mass is 32.2. The molecule has 7 nitrogen and oxygen atoms in total. The fraction of sp³-hybridized carbons (Fsp3) is 0.286. The molecule has 0 aliphatic heterocycles. The standard InChI is InChI=1S/C14H15N5O2S/c1-9-7-11-8-10(3-4-12(11)21-9)13(20)15-5-6-22-14-16-17-18-19(14)2/h3-4,7-8H,5-6H2,1-2H3,(H,15,20). The third kappa shape index (κ3) is 3.11. The number of tetrazole rings is 1. The van der Waals surface area contributed by atoms with Crippen LogP contribution in [0.4, 0.5) is 0 Å². The molecule has 1 amide bonds. The monoisotopic (exact) mass is 317 g/mol. The first-order valence-electron chi connectivity index (χ1n) is 6.77. The zero-order chi connectivity index (χ0) is 15.5. The highest BCUT2D eigenvalue weighted by Crippen LogP contribution is 2.20. The van der Waals surface area contributed by atoms with Gasteiger partial charge in [0.1, 0.15) is 11.3 Å². The maximum Gasteiger partial charge on any atom is 0.251 e. The lowest BCUT2D eigenvalue weighted by molar-refractivity contribution is 0.0956. The summed E-state index contributed by atoms with van der Waals surface area (Å²) in [6.45, 7) is 2.43. The van der Waals surface area contributed by atoms with E-state index in [4.69, 9.17) is 4.42 Å². The summed E-state index contributed by atoms with van der Waals surface area (Å²) in [5, 5.41) is 15.7. The zero-order valence-electron chi connectivity index (χ0n) is 12.2. The molecular weight excluding hydrogens is 302 g/mol. The number of nitrogens with one attached hydrogen (secondary N) is 1. The van der Waals surface area contributed by atoms with Crippen LogP contribution in [0.25, 0.3) is 11.0 Å². The molecule has 1 aromatic carbocycles. The maximum absolute atomic E-state index is 12.1. The quantitative estimate of drug-likeness (QED) is 0.570. The van der Waals surface area contributed by atoms with E-state index >= 15 is 0 Å². The Bertz CT molecular complexity index is 811. The molecule has 0 unspecified atom stereocenters. The van der Waals surface area contributed by atoms with Crippen molar-refractivity contribution in [1.29, 1.82) is 0 Å². The van der Waals surface area contributed by atoms with Crippen molar-refractivity contribution in [3.05, 3.63) is 35.6 Å². The topological polar surface area (TPSA) is 85.8 Å². The van der Waals surface area contributed by atoms with Crippen molar-refractivity contribution in [3.63, 3.8) is 0 Å². The minimum atomic E-state index is -0.0996. The van der Waals surface area contributed by atoms with Crippen LogP contribution in [0.1, 0.15) is 16.1 Å². The van der Waals surface area contributed by atoms with E-state index in [0.29, 0.717) is 17.9 Å². The van der Waals surface area contributed by atoms with Crippen LogP contribution >= 0.6 is 11.8 Å². The van der Waals surface area contributed by atoms with E-state index in [1.54, 1.807) is 17.8 Å². The Morgan fingerprint density at radius 1 is 1.41 bits per heavy atom. The molecule has 0 fully saturated rings. The predicted octanol–water partition coefficient (Wildman–Crippen LogP) is 1.79. The summed E-state index contributed by atoms with van der Waals surface area (Å²) < 4.78 is 7.10. The zero-order valence-corrected chi connectivity index (χ0v) is 13.1. The first-order valence-corrected chi connectivity index (χ1v) is 7.75. The lowest BCUT2D eigenvalue weighted by Crippen LogP contribution is -2.25. The van der Waals surface area contributed by atoms with E-state index in [-0.39, 0.29) is 5.91 Å². The van der Waals surface area contributed by atoms with Gasteiger partial charge >= 0.3 is 0 Å². The number of aromatic nitrogens is 4. The number of furan rings is 1. The normalized spacial score (nSPS) is 11.0. The van der Waals surface area contributed by atoms with Crippen LogP contribution in [0.5, 0.6) is 0 Å². The minimum Gasteiger partial charge on any atom is -0.461 e. The van der Waals surface area contributed by atoms with Crippen LogP contribution in [-0.2, 0) is 7.05 Å². The van der Waals surface area contributed by atoms with Gasteiger partial charge in [-0.2, -0.15) is 0 Å². The Kier molecular flexibility index (Phi) is 4.10. The van der Waals surface area contributed by atoms with Gasteiger partial charge < -0.3 is 9.73 Å². The number of benzene rings is 1. The number of rotatable bonds is 5. The molecule has 1 N–H and O–H groups in total. The van der Waals surface area contributed by atoms with E-state index in [2.05, 4.69) is 20.8 Å². The number of carbonyl (C=O) groups is 1. The molecule has 0 saturated carbocycles. The number of nitrogens with zero attached hydrogens (tertiary/aromatic N) is 4. The van der Waals surface area contributed by atoms with Gasteiger partial charge in [0.15, 0.2) is 0 Å². The largest absolute Gasteiger partial charge is 0.461 e. The summed E-state index contributed by atoms with van der Waals surface area (Å²) >= 11 is 1.49. The Balaban J connectivity index is 1.55. The molecule has 8 heteroatoms. The summed E-state index contributed by atoms with van der Waals surface area (Å²) in [6, 6.07) is 7.33. The van der Waals surface area contributed by atoms with Gasteiger partial charge in [-0.05, 0) is 41.6 Å². The molecule has 22 heavy (non-hydrogen) atoms. The van der Waals surface area contributed by atoms with Gasteiger partial charge in [0.2, 0.25) is 5.16 Å². The van der Waals surface area contributed by atoms with Gasteiger partial charge in [-0.1, -0.05) is 11.8 Å². The predicted molar refractivity (Wildman–Crippen MR) is 82.8 cm³/mol. The Morgan fingerprint density at radius 3 is 3.05 bits per heavy atom. The third-order valence-corrected chi connectivity index (χ3v) is 4.11. The summed E-state index contributed by atoms with van der Waals surface area (Å²) in [7, 11) is 1.78. The molecule has 0 radical (unpaired) electrons. The van der Waals surface area contributed by atoms with E-state index in [0.717, 1.165) is 21.9 Å². The van der Waals surface area contributed by atoms with Crippen LogP contribution in [-0.4, -0.2) is 38.4 Å². The molecule has 0 aliphatic carbocycles. The van der Waals surface area contributed by atoms with Crippen molar-refractivity contribution in [1.82, 2.24) is 25.5 Å².